The molecule has 1 aliphatic heterocycles. The van der Waals surface area contributed by atoms with E-state index in [1.165, 1.54) is 4.57 Å². The van der Waals surface area contributed by atoms with Gasteiger partial charge >= 0.3 is 6.18 Å². The first-order chi connectivity index (χ1) is 11.7. The topological polar surface area (TPSA) is 20.2 Å². The third kappa shape index (κ3) is 4.11. The van der Waals surface area contributed by atoms with E-state index >= 15 is 0 Å². The highest BCUT2D eigenvalue weighted by Gasteiger charge is 2.29. The molecule has 0 unspecified atom stereocenters. The number of likely N-dealkylation sites (tertiary alicyclic amines) is 1. The van der Waals surface area contributed by atoms with Gasteiger partial charge in [0.15, 0.2) is 0 Å². The molecule has 138 valence electrons. The predicted molar refractivity (Wildman–Crippen MR) is 96.1 cm³/mol. The fraction of sp³-hybridized carbons (Fsp3) is 0.579. The predicted octanol–water partition coefficient (Wildman–Crippen LogP) is 4.80. The number of hydrogen-bond acceptors (Lipinski definition) is 2. The van der Waals surface area contributed by atoms with Gasteiger partial charge in [-0.25, -0.2) is 0 Å². The van der Waals surface area contributed by atoms with Crippen LogP contribution in [0.2, 0.25) is 0 Å². The normalized spacial score (nSPS) is 17.6. The molecule has 0 amide bonds. The zero-order chi connectivity index (χ0) is 18.2. The second-order valence-corrected chi connectivity index (χ2v) is 7.27. The molecule has 0 spiro atoms. The van der Waals surface area contributed by atoms with Crippen LogP contribution in [0.5, 0.6) is 0 Å². The molecule has 0 atom stereocenters. The van der Waals surface area contributed by atoms with Crippen LogP contribution in [0, 0.1) is 6.92 Å². The summed E-state index contributed by atoms with van der Waals surface area (Å²) in [6.07, 6.45) is -2.11. The standard InChI is InChI=1S/C19H26F3N3/c1-13(2)24-9-7-15(8-10-24)23-17-5-4-6-18-16(17)11-14(3)25(18)12-19(20,21)22/h4-6,11,13,15,23H,7-10,12H2,1-3H3. The minimum Gasteiger partial charge on any atom is -0.382 e. The van der Waals surface area contributed by atoms with Crippen molar-refractivity contribution in [3.8, 4) is 0 Å². The largest absolute Gasteiger partial charge is 0.406 e. The molecule has 1 fully saturated rings. The van der Waals surface area contributed by atoms with Crippen LogP contribution in [0.1, 0.15) is 32.4 Å². The number of rotatable bonds is 4. The maximum Gasteiger partial charge on any atom is 0.406 e. The molecule has 3 nitrogen and oxygen atoms in total. The second-order valence-electron chi connectivity index (χ2n) is 7.27. The summed E-state index contributed by atoms with van der Waals surface area (Å²) in [7, 11) is 0. The molecule has 1 aromatic heterocycles. The number of aromatic nitrogens is 1. The average molecular weight is 353 g/mol. The Morgan fingerprint density at radius 1 is 1.20 bits per heavy atom. The number of halogens is 3. The van der Waals surface area contributed by atoms with Crippen LogP contribution in [-0.4, -0.2) is 40.8 Å². The van der Waals surface area contributed by atoms with Crippen molar-refractivity contribution in [3.63, 3.8) is 0 Å². The smallest absolute Gasteiger partial charge is 0.382 e. The van der Waals surface area contributed by atoms with E-state index in [0.29, 0.717) is 23.3 Å². The summed E-state index contributed by atoms with van der Waals surface area (Å²) in [5, 5.41) is 4.44. The summed E-state index contributed by atoms with van der Waals surface area (Å²) in [4.78, 5) is 2.46. The van der Waals surface area contributed by atoms with Gasteiger partial charge in [-0.1, -0.05) is 6.07 Å². The molecule has 2 heterocycles. The van der Waals surface area contributed by atoms with Gasteiger partial charge < -0.3 is 14.8 Å². The van der Waals surface area contributed by atoms with E-state index in [2.05, 4.69) is 24.1 Å². The minimum atomic E-state index is -4.22. The first-order valence-corrected chi connectivity index (χ1v) is 8.91. The zero-order valence-corrected chi connectivity index (χ0v) is 15.0. The van der Waals surface area contributed by atoms with Crippen molar-refractivity contribution in [3.05, 3.63) is 30.0 Å². The van der Waals surface area contributed by atoms with Crippen molar-refractivity contribution < 1.29 is 13.2 Å². The summed E-state index contributed by atoms with van der Waals surface area (Å²) in [6, 6.07) is 8.34. The molecule has 1 aliphatic rings. The Morgan fingerprint density at radius 2 is 1.88 bits per heavy atom. The number of hydrogen-bond donors (Lipinski definition) is 1. The number of alkyl halides is 3. The molecular weight excluding hydrogens is 327 g/mol. The number of piperidine rings is 1. The number of aryl methyl sites for hydroxylation is 1. The summed E-state index contributed by atoms with van der Waals surface area (Å²) in [5.74, 6) is 0. The summed E-state index contributed by atoms with van der Waals surface area (Å²) in [5.41, 5.74) is 2.21. The minimum absolute atomic E-state index is 0.367. The number of nitrogens with zero attached hydrogens (tertiary/aromatic N) is 2. The molecule has 6 heteroatoms. The highest BCUT2D eigenvalue weighted by Crippen LogP contribution is 2.31. The first kappa shape index (κ1) is 18.1. The van der Waals surface area contributed by atoms with Gasteiger partial charge in [0.1, 0.15) is 6.54 Å². The number of benzene rings is 1. The van der Waals surface area contributed by atoms with Crippen molar-refractivity contribution in [1.29, 1.82) is 0 Å². The van der Waals surface area contributed by atoms with Crippen LogP contribution in [0.25, 0.3) is 10.9 Å². The second kappa shape index (κ2) is 6.90. The highest BCUT2D eigenvalue weighted by atomic mass is 19.4. The third-order valence-electron chi connectivity index (χ3n) is 5.11. The molecule has 0 bridgehead atoms. The average Bonchev–Trinajstić information content (AvgIpc) is 2.84. The van der Waals surface area contributed by atoms with Gasteiger partial charge in [0, 0.05) is 41.9 Å². The molecule has 1 N–H and O–H groups in total. The SMILES string of the molecule is Cc1cc2c(NC3CCN(C(C)C)CC3)cccc2n1CC(F)(F)F. The first-order valence-electron chi connectivity index (χ1n) is 8.91. The molecule has 2 aromatic rings. The van der Waals surface area contributed by atoms with Crippen molar-refractivity contribution in [2.24, 2.45) is 0 Å². The molecule has 3 rings (SSSR count). The Morgan fingerprint density at radius 3 is 2.48 bits per heavy atom. The van der Waals surface area contributed by atoms with Crippen molar-refractivity contribution in [2.75, 3.05) is 18.4 Å². The van der Waals surface area contributed by atoms with Crippen LogP contribution < -0.4 is 5.32 Å². The van der Waals surface area contributed by atoms with Crippen LogP contribution in [0.4, 0.5) is 18.9 Å². The number of fused-ring (bicyclic) bond motifs is 1. The Kier molecular flexibility index (Phi) is 5.00. The fourth-order valence-corrected chi connectivity index (χ4v) is 3.71. The van der Waals surface area contributed by atoms with Gasteiger partial charge in [-0.05, 0) is 51.8 Å². The van der Waals surface area contributed by atoms with E-state index in [9.17, 15) is 13.2 Å². The van der Waals surface area contributed by atoms with Crippen molar-refractivity contribution in [2.45, 2.75) is 58.4 Å². The van der Waals surface area contributed by atoms with Gasteiger partial charge in [-0.15, -0.1) is 0 Å². The van der Waals surface area contributed by atoms with E-state index in [-0.39, 0.29) is 0 Å². The van der Waals surface area contributed by atoms with Gasteiger partial charge in [-0.2, -0.15) is 13.2 Å². The van der Waals surface area contributed by atoms with Gasteiger partial charge in [0.25, 0.3) is 0 Å². The Bertz CT molecular complexity index is 725. The van der Waals surface area contributed by atoms with Crippen molar-refractivity contribution in [1.82, 2.24) is 9.47 Å². The number of anilines is 1. The monoisotopic (exact) mass is 353 g/mol. The number of nitrogens with one attached hydrogen (secondary N) is 1. The molecule has 0 aliphatic carbocycles. The van der Waals surface area contributed by atoms with Crippen LogP contribution in [0.15, 0.2) is 24.3 Å². The summed E-state index contributed by atoms with van der Waals surface area (Å²) >= 11 is 0. The highest BCUT2D eigenvalue weighted by molar-refractivity contribution is 5.93. The molecule has 0 radical (unpaired) electrons. The molecular formula is C19H26F3N3. The lowest BCUT2D eigenvalue weighted by atomic mass is 10.0. The molecule has 0 saturated carbocycles. The van der Waals surface area contributed by atoms with E-state index < -0.39 is 12.7 Å². The Hall–Kier alpha value is -1.69. The fourth-order valence-electron chi connectivity index (χ4n) is 3.71. The Balaban J connectivity index is 1.80. The van der Waals surface area contributed by atoms with E-state index in [4.69, 9.17) is 0 Å². The van der Waals surface area contributed by atoms with E-state index in [1.807, 2.05) is 18.2 Å². The van der Waals surface area contributed by atoms with Crippen molar-refractivity contribution >= 4 is 16.6 Å². The lowest BCUT2D eigenvalue weighted by Crippen LogP contribution is -2.42. The van der Waals surface area contributed by atoms with Crippen LogP contribution >= 0.6 is 0 Å². The van der Waals surface area contributed by atoms with Gasteiger partial charge in [0.05, 0.1) is 5.52 Å². The Labute approximate surface area is 146 Å². The van der Waals surface area contributed by atoms with Gasteiger partial charge in [-0.3, -0.25) is 0 Å². The third-order valence-corrected chi connectivity index (χ3v) is 5.11. The molecule has 1 saturated heterocycles. The van der Waals surface area contributed by atoms with E-state index in [0.717, 1.165) is 37.0 Å². The lowest BCUT2D eigenvalue weighted by molar-refractivity contribution is -0.140. The summed E-state index contributed by atoms with van der Waals surface area (Å²) < 4.78 is 39.9. The quantitative estimate of drug-likeness (QED) is 0.852. The maximum absolute atomic E-state index is 12.9. The molecule has 25 heavy (non-hydrogen) atoms. The maximum atomic E-state index is 12.9. The van der Waals surface area contributed by atoms with Crippen LogP contribution in [-0.2, 0) is 6.54 Å². The lowest BCUT2D eigenvalue weighted by Gasteiger charge is -2.35. The summed E-state index contributed by atoms with van der Waals surface area (Å²) in [6.45, 7) is 7.31. The van der Waals surface area contributed by atoms with Crippen LogP contribution in [0.3, 0.4) is 0 Å². The zero-order valence-electron chi connectivity index (χ0n) is 15.0. The van der Waals surface area contributed by atoms with Gasteiger partial charge in [0.2, 0.25) is 0 Å². The van der Waals surface area contributed by atoms with E-state index in [1.54, 1.807) is 13.0 Å². The molecule has 1 aromatic carbocycles.